The molecule has 0 saturated carbocycles. The molecule has 0 heterocycles. The van der Waals surface area contributed by atoms with Gasteiger partial charge in [-0.05, 0) is 51.1 Å². The Hall–Kier alpha value is -3.51. The predicted molar refractivity (Wildman–Crippen MR) is 181 cm³/mol. The van der Waals surface area contributed by atoms with Crippen molar-refractivity contribution in [2.75, 3.05) is 111 Å². The standard InChI is InChI=1S/C35H51F3N2O11/c1-34(2,3)51-33(42)39-11-12-43-13-14-44-15-16-45-17-18-46-19-20-47-21-22-48-23-24-49-25-26-50-32(41)30-9-4-5-10-31(30)40-29-8-6-7-28(27-29)35(36,37)38/h4-10,27,40H,11-26H2,1-3H3,(H,39,42). The Labute approximate surface area is 297 Å². The molecule has 0 atom stereocenters. The van der Waals surface area contributed by atoms with E-state index < -0.39 is 29.4 Å². The van der Waals surface area contributed by atoms with E-state index in [1.54, 1.807) is 39.0 Å². The van der Waals surface area contributed by atoms with E-state index in [1.807, 2.05) is 0 Å². The number of carbonyl (C=O) groups is 2. The second kappa shape index (κ2) is 25.4. The summed E-state index contributed by atoms with van der Waals surface area (Å²) >= 11 is 0. The molecule has 13 nitrogen and oxygen atoms in total. The van der Waals surface area contributed by atoms with Crippen LogP contribution in [0.2, 0.25) is 0 Å². The molecule has 0 aliphatic rings. The molecule has 0 fully saturated rings. The van der Waals surface area contributed by atoms with Crippen LogP contribution in [0.25, 0.3) is 0 Å². The summed E-state index contributed by atoms with van der Waals surface area (Å²) in [7, 11) is 0. The van der Waals surface area contributed by atoms with Crippen LogP contribution in [0, 0.1) is 0 Å². The van der Waals surface area contributed by atoms with Crippen LogP contribution in [-0.2, 0) is 48.8 Å². The van der Waals surface area contributed by atoms with Crippen LogP contribution in [0.15, 0.2) is 48.5 Å². The van der Waals surface area contributed by atoms with Gasteiger partial charge in [-0.15, -0.1) is 0 Å². The van der Waals surface area contributed by atoms with Gasteiger partial charge in [0, 0.05) is 12.2 Å². The maximum Gasteiger partial charge on any atom is 0.416 e. The van der Waals surface area contributed by atoms with Crippen molar-refractivity contribution in [3.8, 4) is 0 Å². The molecular weight excluding hydrogens is 681 g/mol. The fourth-order valence-corrected chi connectivity index (χ4v) is 3.93. The normalized spacial score (nSPS) is 11.7. The summed E-state index contributed by atoms with van der Waals surface area (Å²) in [6, 6.07) is 11.1. The minimum absolute atomic E-state index is 0.00665. The van der Waals surface area contributed by atoms with Gasteiger partial charge in [0.15, 0.2) is 0 Å². The number of para-hydroxylation sites is 1. The zero-order valence-corrected chi connectivity index (χ0v) is 29.6. The largest absolute Gasteiger partial charge is 0.460 e. The van der Waals surface area contributed by atoms with Crippen molar-refractivity contribution in [2.24, 2.45) is 0 Å². The number of alkyl halides is 3. The first-order valence-corrected chi connectivity index (χ1v) is 16.7. The molecule has 2 aromatic rings. The summed E-state index contributed by atoms with van der Waals surface area (Å²) in [5.41, 5.74) is -0.636. The van der Waals surface area contributed by atoms with Gasteiger partial charge < -0.3 is 53.3 Å². The third-order valence-corrected chi connectivity index (χ3v) is 6.22. The minimum atomic E-state index is -4.48. The van der Waals surface area contributed by atoms with E-state index in [0.29, 0.717) is 98.1 Å². The molecule has 0 radical (unpaired) electrons. The SMILES string of the molecule is CC(C)(C)OC(=O)NCCOCCOCCOCCOCCOCCOCCOCCOC(=O)c1ccccc1Nc1cccc(C(F)(F)F)c1. The minimum Gasteiger partial charge on any atom is -0.460 e. The Bertz CT molecular complexity index is 1250. The van der Waals surface area contributed by atoms with Gasteiger partial charge in [-0.3, -0.25) is 0 Å². The maximum atomic E-state index is 13.0. The van der Waals surface area contributed by atoms with E-state index in [9.17, 15) is 22.8 Å². The van der Waals surface area contributed by atoms with Crippen molar-refractivity contribution in [3.05, 3.63) is 59.7 Å². The number of anilines is 2. The molecule has 1 amide bonds. The fraction of sp³-hybridized carbons (Fsp3) is 0.600. The van der Waals surface area contributed by atoms with Crippen LogP contribution in [0.1, 0.15) is 36.7 Å². The van der Waals surface area contributed by atoms with Gasteiger partial charge >= 0.3 is 18.2 Å². The van der Waals surface area contributed by atoms with Crippen LogP contribution < -0.4 is 10.6 Å². The van der Waals surface area contributed by atoms with Gasteiger partial charge in [0.25, 0.3) is 0 Å². The first-order chi connectivity index (χ1) is 24.5. The average molecular weight is 733 g/mol. The number of hydrogen-bond donors (Lipinski definition) is 2. The van der Waals surface area contributed by atoms with Crippen LogP contribution in [-0.4, -0.2) is 123 Å². The van der Waals surface area contributed by atoms with E-state index in [-0.39, 0.29) is 24.5 Å². The molecule has 0 spiro atoms. The second-order valence-corrected chi connectivity index (χ2v) is 11.6. The lowest BCUT2D eigenvalue weighted by Gasteiger charge is -2.19. The zero-order chi connectivity index (χ0) is 37.2. The molecule has 16 heteroatoms. The summed E-state index contributed by atoms with van der Waals surface area (Å²) in [5, 5.41) is 5.47. The lowest BCUT2D eigenvalue weighted by molar-refractivity contribution is -0.137. The highest BCUT2D eigenvalue weighted by Gasteiger charge is 2.30. The number of nitrogens with one attached hydrogen (secondary N) is 2. The van der Waals surface area contributed by atoms with Crippen LogP contribution in [0.4, 0.5) is 29.3 Å². The third-order valence-electron chi connectivity index (χ3n) is 6.22. The van der Waals surface area contributed by atoms with Gasteiger partial charge in [0.05, 0.1) is 109 Å². The third kappa shape index (κ3) is 22.1. The van der Waals surface area contributed by atoms with E-state index >= 15 is 0 Å². The molecule has 2 rings (SSSR count). The molecule has 0 aliphatic carbocycles. The van der Waals surface area contributed by atoms with E-state index in [0.717, 1.165) is 12.1 Å². The number of halogens is 3. The lowest BCUT2D eigenvalue weighted by Crippen LogP contribution is -2.34. The predicted octanol–water partition coefficient (Wildman–Crippen LogP) is 5.25. The molecule has 2 N–H and O–H groups in total. The van der Waals surface area contributed by atoms with Crippen LogP contribution >= 0.6 is 0 Å². The molecular formula is C35H51F3N2O11. The van der Waals surface area contributed by atoms with Crippen molar-refractivity contribution >= 4 is 23.4 Å². The van der Waals surface area contributed by atoms with Crippen LogP contribution in [0.3, 0.4) is 0 Å². The highest BCUT2D eigenvalue weighted by molar-refractivity contribution is 5.96. The number of ether oxygens (including phenoxy) is 9. The van der Waals surface area contributed by atoms with Crippen molar-refractivity contribution < 1.29 is 65.4 Å². The quantitative estimate of drug-likeness (QED) is 0.0916. The molecule has 288 valence electrons. The summed E-state index contributed by atoms with van der Waals surface area (Å²) < 4.78 is 87.5. The Morgan fingerprint density at radius 3 is 1.57 bits per heavy atom. The number of alkyl carbamates (subject to hydrolysis) is 1. The highest BCUT2D eigenvalue weighted by Crippen LogP contribution is 2.32. The number of carbonyl (C=O) groups excluding carboxylic acids is 2. The summed E-state index contributed by atoms with van der Waals surface area (Å²) in [6.45, 7) is 11.1. The first kappa shape index (κ1) is 43.7. The average Bonchev–Trinajstić information content (AvgIpc) is 3.07. The molecule has 0 aromatic heterocycles. The van der Waals surface area contributed by atoms with Crippen molar-refractivity contribution in [2.45, 2.75) is 32.5 Å². The van der Waals surface area contributed by atoms with Gasteiger partial charge in [0.2, 0.25) is 0 Å². The number of hydrogen-bond acceptors (Lipinski definition) is 12. The second-order valence-electron chi connectivity index (χ2n) is 11.6. The van der Waals surface area contributed by atoms with Gasteiger partial charge in [-0.1, -0.05) is 18.2 Å². The maximum absolute atomic E-state index is 13.0. The first-order valence-electron chi connectivity index (χ1n) is 16.7. The van der Waals surface area contributed by atoms with E-state index in [4.69, 9.17) is 42.6 Å². The summed E-state index contributed by atoms with van der Waals surface area (Å²) in [5.74, 6) is -0.633. The number of benzene rings is 2. The Kier molecular flexibility index (Phi) is 21.8. The van der Waals surface area contributed by atoms with Crippen molar-refractivity contribution in [3.63, 3.8) is 0 Å². The monoisotopic (exact) mass is 732 g/mol. The van der Waals surface area contributed by atoms with Crippen molar-refractivity contribution in [1.29, 1.82) is 0 Å². The lowest BCUT2D eigenvalue weighted by atomic mass is 10.1. The summed E-state index contributed by atoms with van der Waals surface area (Å²) in [4.78, 5) is 24.1. The van der Waals surface area contributed by atoms with Gasteiger partial charge in [-0.2, -0.15) is 13.2 Å². The smallest absolute Gasteiger partial charge is 0.416 e. The van der Waals surface area contributed by atoms with E-state index in [2.05, 4.69) is 10.6 Å². The molecule has 0 unspecified atom stereocenters. The number of amides is 1. The molecule has 51 heavy (non-hydrogen) atoms. The zero-order valence-electron chi connectivity index (χ0n) is 29.6. The Morgan fingerprint density at radius 2 is 1.08 bits per heavy atom. The highest BCUT2D eigenvalue weighted by atomic mass is 19.4. The Balaban J connectivity index is 1.34. The summed E-state index contributed by atoms with van der Waals surface area (Å²) in [6.07, 6.45) is -4.95. The molecule has 0 saturated heterocycles. The Morgan fingerprint density at radius 1 is 0.608 bits per heavy atom. The van der Waals surface area contributed by atoms with Crippen LogP contribution in [0.5, 0.6) is 0 Å². The van der Waals surface area contributed by atoms with Gasteiger partial charge in [0.1, 0.15) is 12.2 Å². The molecule has 0 bridgehead atoms. The topological polar surface area (TPSA) is 141 Å². The fourth-order valence-electron chi connectivity index (χ4n) is 3.93. The molecule has 2 aromatic carbocycles. The van der Waals surface area contributed by atoms with Gasteiger partial charge in [-0.25, -0.2) is 9.59 Å². The number of esters is 1. The number of rotatable bonds is 27. The molecule has 0 aliphatic heterocycles. The van der Waals surface area contributed by atoms with E-state index in [1.165, 1.54) is 18.2 Å². The van der Waals surface area contributed by atoms with Crippen molar-refractivity contribution in [1.82, 2.24) is 5.32 Å².